The molecule has 0 bridgehead atoms. The highest BCUT2D eigenvalue weighted by molar-refractivity contribution is 5.89. The molecule has 0 aliphatic rings. The van der Waals surface area contributed by atoms with Gasteiger partial charge in [0.15, 0.2) is 5.70 Å². The van der Waals surface area contributed by atoms with Gasteiger partial charge >= 0.3 is 5.97 Å². The molecule has 5 heteroatoms. The molecular weight excluding hydrogens is 182 g/mol. The van der Waals surface area contributed by atoms with E-state index >= 15 is 0 Å². The SMILES string of the molecule is COC(=O)C(=CN(C)C)N=CN(C)C. The quantitative estimate of drug-likeness (QED) is 0.280. The fourth-order valence-corrected chi connectivity index (χ4v) is 0.666. The lowest BCUT2D eigenvalue weighted by Crippen LogP contribution is -2.13. The third-order valence-electron chi connectivity index (χ3n) is 1.20. The minimum Gasteiger partial charge on any atom is -0.464 e. The molecule has 0 N–H and O–H groups in total. The van der Waals surface area contributed by atoms with Crippen LogP contribution >= 0.6 is 0 Å². The number of carbonyl (C=O) groups excluding carboxylic acids is 1. The highest BCUT2D eigenvalue weighted by atomic mass is 16.5. The number of carbonyl (C=O) groups is 1. The molecule has 0 saturated heterocycles. The van der Waals surface area contributed by atoms with Crippen LogP contribution in [0.5, 0.6) is 0 Å². The van der Waals surface area contributed by atoms with Crippen LogP contribution in [0.4, 0.5) is 0 Å². The molecule has 0 radical (unpaired) electrons. The number of esters is 1. The Kier molecular flexibility index (Phi) is 5.36. The standard InChI is InChI=1S/C9H17N3O2/c1-11(2)6-8(9(13)14-5)10-7-12(3)4/h6-7H,1-5H3. The molecule has 0 rings (SSSR count). The van der Waals surface area contributed by atoms with Gasteiger partial charge in [-0.1, -0.05) is 0 Å². The average Bonchev–Trinajstić information content (AvgIpc) is 2.10. The molecule has 0 aliphatic heterocycles. The first-order valence-corrected chi connectivity index (χ1v) is 4.14. The Labute approximate surface area is 84.7 Å². The topological polar surface area (TPSA) is 45.1 Å². The van der Waals surface area contributed by atoms with Gasteiger partial charge in [0.05, 0.1) is 13.4 Å². The van der Waals surface area contributed by atoms with E-state index in [4.69, 9.17) is 0 Å². The minimum atomic E-state index is -0.447. The molecule has 14 heavy (non-hydrogen) atoms. The Hall–Kier alpha value is -1.52. The number of ether oxygens (including phenoxy) is 1. The molecule has 80 valence electrons. The minimum absolute atomic E-state index is 0.270. The third kappa shape index (κ3) is 5.18. The molecule has 0 aromatic carbocycles. The second-order valence-corrected chi connectivity index (χ2v) is 3.18. The predicted octanol–water partition coefficient (Wildman–Crippen LogP) is 0.152. The van der Waals surface area contributed by atoms with E-state index in [1.54, 1.807) is 22.3 Å². The molecule has 0 atom stereocenters. The van der Waals surface area contributed by atoms with E-state index in [-0.39, 0.29) is 5.70 Å². The summed E-state index contributed by atoms with van der Waals surface area (Å²) in [6.07, 6.45) is 3.15. The van der Waals surface area contributed by atoms with Crippen molar-refractivity contribution in [3.05, 3.63) is 11.9 Å². The lowest BCUT2D eigenvalue weighted by atomic mass is 10.5. The van der Waals surface area contributed by atoms with Crippen LogP contribution < -0.4 is 0 Å². The number of hydrogen-bond acceptors (Lipinski definition) is 4. The number of rotatable bonds is 4. The van der Waals surface area contributed by atoms with Gasteiger partial charge < -0.3 is 14.5 Å². The van der Waals surface area contributed by atoms with Gasteiger partial charge in [-0.15, -0.1) is 0 Å². The molecule has 5 nitrogen and oxygen atoms in total. The van der Waals surface area contributed by atoms with E-state index in [2.05, 4.69) is 9.73 Å². The van der Waals surface area contributed by atoms with Crippen LogP contribution in [0.2, 0.25) is 0 Å². The van der Waals surface area contributed by atoms with Crippen LogP contribution in [-0.2, 0) is 9.53 Å². The van der Waals surface area contributed by atoms with Crippen molar-refractivity contribution in [1.29, 1.82) is 0 Å². The fraction of sp³-hybridized carbons (Fsp3) is 0.556. The molecule has 0 fully saturated rings. The van der Waals surface area contributed by atoms with E-state index in [1.165, 1.54) is 7.11 Å². The third-order valence-corrected chi connectivity index (χ3v) is 1.20. The predicted molar refractivity (Wildman–Crippen MR) is 56.0 cm³/mol. The van der Waals surface area contributed by atoms with Gasteiger partial charge in [-0.3, -0.25) is 0 Å². The molecular formula is C9H17N3O2. The van der Waals surface area contributed by atoms with E-state index < -0.39 is 5.97 Å². The monoisotopic (exact) mass is 199 g/mol. The summed E-state index contributed by atoms with van der Waals surface area (Å²) in [5.74, 6) is -0.447. The van der Waals surface area contributed by atoms with Gasteiger partial charge in [-0.25, -0.2) is 9.79 Å². The largest absolute Gasteiger partial charge is 0.464 e. The lowest BCUT2D eigenvalue weighted by molar-refractivity contribution is -0.136. The Morgan fingerprint density at radius 1 is 1.21 bits per heavy atom. The van der Waals surface area contributed by atoms with Gasteiger partial charge in [0.1, 0.15) is 0 Å². The highest BCUT2D eigenvalue weighted by Gasteiger charge is 2.07. The summed E-state index contributed by atoms with van der Waals surface area (Å²) in [6.45, 7) is 0. The van der Waals surface area contributed by atoms with E-state index in [0.717, 1.165) is 0 Å². The first kappa shape index (κ1) is 12.5. The van der Waals surface area contributed by atoms with Gasteiger partial charge in [0.2, 0.25) is 0 Å². The van der Waals surface area contributed by atoms with Crippen molar-refractivity contribution >= 4 is 12.3 Å². The molecule has 0 aromatic rings. The van der Waals surface area contributed by atoms with Crippen molar-refractivity contribution in [2.75, 3.05) is 35.3 Å². The van der Waals surface area contributed by atoms with Gasteiger partial charge in [-0.2, -0.15) is 0 Å². The zero-order chi connectivity index (χ0) is 11.1. The number of aliphatic imine (C=N–C) groups is 1. The lowest BCUT2D eigenvalue weighted by Gasteiger charge is -2.08. The molecule has 0 amide bonds. The number of hydrogen-bond donors (Lipinski definition) is 0. The molecule has 0 unspecified atom stereocenters. The smallest absolute Gasteiger partial charge is 0.358 e. The maximum atomic E-state index is 11.2. The Balaban J connectivity index is 4.65. The molecule has 0 heterocycles. The molecule has 0 saturated carbocycles. The summed E-state index contributed by atoms with van der Waals surface area (Å²) >= 11 is 0. The number of nitrogens with zero attached hydrogens (tertiary/aromatic N) is 3. The van der Waals surface area contributed by atoms with E-state index in [0.29, 0.717) is 0 Å². The summed E-state index contributed by atoms with van der Waals surface area (Å²) in [6, 6.07) is 0. The van der Waals surface area contributed by atoms with Crippen LogP contribution in [0.1, 0.15) is 0 Å². The zero-order valence-electron chi connectivity index (χ0n) is 9.31. The average molecular weight is 199 g/mol. The Bertz CT molecular complexity index is 244. The maximum absolute atomic E-state index is 11.2. The molecule has 0 spiro atoms. The van der Waals surface area contributed by atoms with Gasteiger partial charge in [0, 0.05) is 34.4 Å². The van der Waals surface area contributed by atoms with Gasteiger partial charge in [0.25, 0.3) is 0 Å². The summed E-state index contributed by atoms with van der Waals surface area (Å²) in [5.41, 5.74) is 0.270. The molecule has 0 aliphatic carbocycles. The number of methoxy groups -OCH3 is 1. The normalized spacial score (nSPS) is 11.6. The summed E-state index contributed by atoms with van der Waals surface area (Å²) in [4.78, 5) is 18.7. The van der Waals surface area contributed by atoms with Crippen molar-refractivity contribution in [3.63, 3.8) is 0 Å². The van der Waals surface area contributed by atoms with Crippen molar-refractivity contribution in [2.45, 2.75) is 0 Å². The molecule has 0 aromatic heterocycles. The highest BCUT2D eigenvalue weighted by Crippen LogP contribution is 1.99. The Morgan fingerprint density at radius 2 is 1.79 bits per heavy atom. The summed E-state index contributed by atoms with van der Waals surface area (Å²) in [5, 5.41) is 0. The van der Waals surface area contributed by atoms with Crippen LogP contribution in [0.15, 0.2) is 16.9 Å². The van der Waals surface area contributed by atoms with E-state index in [1.807, 2.05) is 28.2 Å². The summed E-state index contributed by atoms with van der Waals surface area (Å²) < 4.78 is 4.58. The second-order valence-electron chi connectivity index (χ2n) is 3.18. The maximum Gasteiger partial charge on any atom is 0.358 e. The zero-order valence-corrected chi connectivity index (χ0v) is 9.31. The Morgan fingerprint density at radius 3 is 2.14 bits per heavy atom. The first-order chi connectivity index (χ1) is 6.47. The van der Waals surface area contributed by atoms with Crippen LogP contribution in [0, 0.1) is 0 Å². The van der Waals surface area contributed by atoms with Crippen LogP contribution in [0.3, 0.4) is 0 Å². The second kappa shape index (κ2) is 6.01. The van der Waals surface area contributed by atoms with Crippen LogP contribution in [-0.4, -0.2) is 57.4 Å². The van der Waals surface area contributed by atoms with Crippen LogP contribution in [0.25, 0.3) is 0 Å². The van der Waals surface area contributed by atoms with Crippen molar-refractivity contribution in [2.24, 2.45) is 4.99 Å². The van der Waals surface area contributed by atoms with Gasteiger partial charge in [-0.05, 0) is 0 Å². The first-order valence-electron chi connectivity index (χ1n) is 4.14. The van der Waals surface area contributed by atoms with E-state index in [9.17, 15) is 4.79 Å². The van der Waals surface area contributed by atoms with Crippen molar-refractivity contribution in [1.82, 2.24) is 9.80 Å². The van der Waals surface area contributed by atoms with Crippen molar-refractivity contribution in [3.8, 4) is 0 Å². The summed E-state index contributed by atoms with van der Waals surface area (Å²) in [7, 11) is 8.61. The van der Waals surface area contributed by atoms with Crippen molar-refractivity contribution < 1.29 is 9.53 Å². The fourth-order valence-electron chi connectivity index (χ4n) is 0.666.